The van der Waals surface area contributed by atoms with Crippen molar-refractivity contribution in [3.8, 4) is 0 Å². The van der Waals surface area contributed by atoms with Gasteiger partial charge in [-0.05, 0) is 32.6 Å². The number of morpholine rings is 1. The first-order chi connectivity index (χ1) is 12.5. The SMILES string of the molecule is Cc1nc(N2CCOCC2)c2c(C(=O)N3CCCC(C)C3)c(C)oc2n1. The van der Waals surface area contributed by atoms with Gasteiger partial charge in [0.25, 0.3) is 5.91 Å². The van der Waals surface area contributed by atoms with Gasteiger partial charge in [-0.25, -0.2) is 4.98 Å². The Bertz CT molecular complexity index is 826. The Balaban J connectivity index is 1.81. The first kappa shape index (κ1) is 17.3. The molecule has 7 nitrogen and oxygen atoms in total. The first-order valence-corrected chi connectivity index (χ1v) is 9.44. The Morgan fingerprint density at radius 1 is 1.15 bits per heavy atom. The van der Waals surface area contributed by atoms with Crippen molar-refractivity contribution in [1.82, 2.24) is 14.9 Å². The van der Waals surface area contributed by atoms with Crippen molar-refractivity contribution in [1.29, 1.82) is 0 Å². The molecule has 26 heavy (non-hydrogen) atoms. The largest absolute Gasteiger partial charge is 0.442 e. The maximum atomic E-state index is 13.3. The molecule has 2 aliphatic rings. The third kappa shape index (κ3) is 3.05. The van der Waals surface area contributed by atoms with E-state index in [2.05, 4.69) is 21.8 Å². The van der Waals surface area contributed by atoms with Crippen molar-refractivity contribution in [2.24, 2.45) is 5.92 Å². The molecule has 2 aromatic heterocycles. The highest BCUT2D eigenvalue weighted by atomic mass is 16.5. The fraction of sp³-hybridized carbons (Fsp3) is 0.632. The molecule has 0 saturated carbocycles. The molecule has 2 fully saturated rings. The minimum absolute atomic E-state index is 0.0368. The number of likely N-dealkylation sites (tertiary alicyclic amines) is 1. The molecule has 0 radical (unpaired) electrons. The number of hydrogen-bond donors (Lipinski definition) is 0. The van der Waals surface area contributed by atoms with Crippen LogP contribution in [-0.4, -0.2) is 60.2 Å². The van der Waals surface area contributed by atoms with E-state index in [-0.39, 0.29) is 5.91 Å². The van der Waals surface area contributed by atoms with Crippen LogP contribution >= 0.6 is 0 Å². The predicted octanol–water partition coefficient (Wildman–Crippen LogP) is 2.55. The molecule has 0 N–H and O–H groups in total. The van der Waals surface area contributed by atoms with Crippen LogP contribution in [0.3, 0.4) is 0 Å². The van der Waals surface area contributed by atoms with Crippen LogP contribution in [0.4, 0.5) is 5.82 Å². The normalized spacial score (nSPS) is 21.4. The van der Waals surface area contributed by atoms with Crippen LogP contribution in [0.1, 0.15) is 41.7 Å². The lowest BCUT2D eigenvalue weighted by Gasteiger charge is -2.31. The van der Waals surface area contributed by atoms with Gasteiger partial charge in [-0.1, -0.05) is 6.92 Å². The quantitative estimate of drug-likeness (QED) is 0.822. The lowest BCUT2D eigenvalue weighted by Crippen LogP contribution is -2.40. The Kier molecular flexibility index (Phi) is 4.56. The van der Waals surface area contributed by atoms with Crippen LogP contribution in [0, 0.1) is 19.8 Å². The van der Waals surface area contributed by atoms with E-state index in [0.717, 1.165) is 43.8 Å². The van der Waals surface area contributed by atoms with Crippen molar-refractivity contribution in [2.45, 2.75) is 33.6 Å². The zero-order valence-corrected chi connectivity index (χ0v) is 15.7. The van der Waals surface area contributed by atoms with Crippen molar-refractivity contribution in [2.75, 3.05) is 44.3 Å². The summed E-state index contributed by atoms with van der Waals surface area (Å²) in [5, 5.41) is 0.748. The molecule has 2 aliphatic heterocycles. The average molecular weight is 358 g/mol. The summed E-state index contributed by atoms with van der Waals surface area (Å²) >= 11 is 0. The molecule has 2 saturated heterocycles. The summed E-state index contributed by atoms with van der Waals surface area (Å²) in [5.41, 5.74) is 1.13. The number of aromatic nitrogens is 2. The number of carbonyl (C=O) groups excluding carboxylic acids is 1. The number of fused-ring (bicyclic) bond motifs is 1. The van der Waals surface area contributed by atoms with Gasteiger partial charge in [-0.15, -0.1) is 0 Å². The molecule has 4 rings (SSSR count). The summed E-state index contributed by atoms with van der Waals surface area (Å²) in [6, 6.07) is 0. The summed E-state index contributed by atoms with van der Waals surface area (Å²) in [4.78, 5) is 26.6. The van der Waals surface area contributed by atoms with Crippen molar-refractivity contribution < 1.29 is 13.9 Å². The van der Waals surface area contributed by atoms with Gasteiger partial charge in [0.05, 0.1) is 24.2 Å². The summed E-state index contributed by atoms with van der Waals surface area (Å²) < 4.78 is 11.4. The second-order valence-corrected chi connectivity index (χ2v) is 7.41. The number of ether oxygens (including phenoxy) is 1. The number of furan rings is 1. The van der Waals surface area contributed by atoms with Crippen LogP contribution in [0.5, 0.6) is 0 Å². The van der Waals surface area contributed by atoms with E-state index >= 15 is 0 Å². The molecule has 0 spiro atoms. The molecule has 1 amide bonds. The summed E-state index contributed by atoms with van der Waals surface area (Å²) in [6.07, 6.45) is 2.23. The molecule has 0 bridgehead atoms. The second-order valence-electron chi connectivity index (χ2n) is 7.41. The van der Waals surface area contributed by atoms with E-state index in [4.69, 9.17) is 9.15 Å². The Labute approximate surface area is 153 Å². The summed E-state index contributed by atoms with van der Waals surface area (Å²) in [7, 11) is 0. The zero-order chi connectivity index (χ0) is 18.3. The lowest BCUT2D eigenvalue weighted by atomic mass is 9.99. The highest BCUT2D eigenvalue weighted by molar-refractivity contribution is 6.10. The Hall–Kier alpha value is -2.15. The minimum Gasteiger partial charge on any atom is -0.442 e. The highest BCUT2D eigenvalue weighted by Crippen LogP contribution is 2.34. The molecule has 7 heteroatoms. The first-order valence-electron chi connectivity index (χ1n) is 9.44. The maximum absolute atomic E-state index is 13.3. The van der Waals surface area contributed by atoms with Gasteiger partial charge in [-0.2, -0.15) is 4.98 Å². The van der Waals surface area contributed by atoms with Gasteiger partial charge in [-0.3, -0.25) is 4.79 Å². The van der Waals surface area contributed by atoms with Crippen LogP contribution in [0.2, 0.25) is 0 Å². The third-order valence-corrected chi connectivity index (χ3v) is 5.29. The van der Waals surface area contributed by atoms with E-state index in [0.29, 0.717) is 42.0 Å². The summed E-state index contributed by atoms with van der Waals surface area (Å²) in [5.74, 6) is 2.63. The van der Waals surface area contributed by atoms with Gasteiger partial charge in [0.1, 0.15) is 17.4 Å². The fourth-order valence-electron chi connectivity index (χ4n) is 3.99. The van der Waals surface area contributed by atoms with Gasteiger partial charge in [0.2, 0.25) is 5.71 Å². The van der Waals surface area contributed by atoms with E-state index in [1.54, 1.807) is 0 Å². The van der Waals surface area contributed by atoms with E-state index in [1.165, 1.54) is 6.42 Å². The van der Waals surface area contributed by atoms with Gasteiger partial charge < -0.3 is 19.0 Å². The molecule has 1 atom stereocenters. The van der Waals surface area contributed by atoms with Crippen LogP contribution in [0.15, 0.2) is 4.42 Å². The van der Waals surface area contributed by atoms with E-state index in [1.807, 2.05) is 18.7 Å². The van der Waals surface area contributed by atoms with Crippen LogP contribution in [0.25, 0.3) is 11.1 Å². The highest BCUT2D eigenvalue weighted by Gasteiger charge is 2.30. The number of aryl methyl sites for hydroxylation is 2. The van der Waals surface area contributed by atoms with Gasteiger partial charge in [0.15, 0.2) is 0 Å². The van der Waals surface area contributed by atoms with Crippen LogP contribution < -0.4 is 4.90 Å². The van der Waals surface area contributed by atoms with E-state index in [9.17, 15) is 4.79 Å². The number of anilines is 1. The molecule has 4 heterocycles. The topological polar surface area (TPSA) is 71.7 Å². The Morgan fingerprint density at radius 3 is 2.65 bits per heavy atom. The summed E-state index contributed by atoms with van der Waals surface area (Å²) in [6.45, 7) is 10.3. The standard InChI is InChI=1S/C19H26N4O3/c1-12-5-4-6-23(11-12)19(24)15-13(2)26-18-16(15)17(20-14(3)21-18)22-7-9-25-10-8-22/h12H,4-11H2,1-3H3. The smallest absolute Gasteiger partial charge is 0.258 e. The second kappa shape index (κ2) is 6.87. The van der Waals surface area contributed by atoms with Crippen molar-refractivity contribution >= 4 is 22.8 Å². The number of carbonyl (C=O) groups is 1. The fourth-order valence-corrected chi connectivity index (χ4v) is 3.99. The predicted molar refractivity (Wildman–Crippen MR) is 98.6 cm³/mol. The number of piperidine rings is 1. The lowest BCUT2D eigenvalue weighted by molar-refractivity contribution is 0.0683. The number of nitrogens with zero attached hydrogens (tertiary/aromatic N) is 4. The minimum atomic E-state index is 0.0368. The molecule has 0 aromatic carbocycles. The number of rotatable bonds is 2. The van der Waals surface area contributed by atoms with Crippen molar-refractivity contribution in [3.63, 3.8) is 0 Å². The molecular formula is C19H26N4O3. The monoisotopic (exact) mass is 358 g/mol. The van der Waals surface area contributed by atoms with Gasteiger partial charge in [0, 0.05) is 26.2 Å². The average Bonchev–Trinajstić information content (AvgIpc) is 2.96. The van der Waals surface area contributed by atoms with Gasteiger partial charge >= 0.3 is 0 Å². The molecule has 0 aliphatic carbocycles. The zero-order valence-electron chi connectivity index (χ0n) is 15.7. The van der Waals surface area contributed by atoms with Crippen LogP contribution in [-0.2, 0) is 4.74 Å². The van der Waals surface area contributed by atoms with Crippen molar-refractivity contribution in [3.05, 3.63) is 17.1 Å². The third-order valence-electron chi connectivity index (χ3n) is 5.29. The molecule has 140 valence electrons. The maximum Gasteiger partial charge on any atom is 0.258 e. The Morgan fingerprint density at radius 2 is 1.92 bits per heavy atom. The number of hydrogen-bond acceptors (Lipinski definition) is 6. The number of amides is 1. The molecule has 2 aromatic rings. The molecular weight excluding hydrogens is 332 g/mol. The van der Waals surface area contributed by atoms with E-state index < -0.39 is 0 Å². The molecule has 1 unspecified atom stereocenters.